The molecule has 1 N–H and O–H groups in total. The topological polar surface area (TPSA) is 59.8 Å². The van der Waals surface area contributed by atoms with E-state index in [-0.39, 0.29) is 18.2 Å². The van der Waals surface area contributed by atoms with Crippen molar-refractivity contribution >= 4 is 17.2 Å². The van der Waals surface area contributed by atoms with Crippen molar-refractivity contribution in [2.75, 3.05) is 6.54 Å². The van der Waals surface area contributed by atoms with E-state index in [0.717, 1.165) is 23.2 Å². The summed E-state index contributed by atoms with van der Waals surface area (Å²) < 4.78 is 39.3. The fraction of sp³-hybridized carbons (Fsp3) is 0.188. The third-order valence-corrected chi connectivity index (χ3v) is 4.46. The quantitative estimate of drug-likeness (QED) is 0.753. The Morgan fingerprint density at radius 1 is 1.28 bits per heavy atom. The second kappa shape index (κ2) is 7.06. The zero-order chi connectivity index (χ0) is 17.9. The predicted molar refractivity (Wildman–Crippen MR) is 86.3 cm³/mol. The molecule has 0 spiro atoms. The molecule has 0 aliphatic carbocycles. The fourth-order valence-electron chi connectivity index (χ4n) is 2.26. The van der Waals surface area contributed by atoms with E-state index in [9.17, 15) is 18.0 Å². The highest BCUT2D eigenvalue weighted by Crippen LogP contribution is 2.27. The van der Waals surface area contributed by atoms with Crippen LogP contribution in [0.15, 0.2) is 54.3 Å². The lowest BCUT2D eigenvalue weighted by Crippen LogP contribution is -2.31. The van der Waals surface area contributed by atoms with E-state index in [1.165, 1.54) is 11.3 Å². The van der Waals surface area contributed by atoms with E-state index in [0.29, 0.717) is 0 Å². The number of nitrogens with zero attached hydrogens (tertiary/aromatic N) is 3. The number of nitrogens with one attached hydrogen (secondary N) is 1. The van der Waals surface area contributed by atoms with Crippen molar-refractivity contribution in [3.05, 3.63) is 70.4 Å². The number of amides is 1. The molecule has 0 aromatic carbocycles. The lowest BCUT2D eigenvalue weighted by atomic mass is 10.2. The van der Waals surface area contributed by atoms with Crippen molar-refractivity contribution in [2.24, 2.45) is 0 Å². The summed E-state index contributed by atoms with van der Waals surface area (Å²) in [5, 5.41) is 8.84. The van der Waals surface area contributed by atoms with E-state index in [4.69, 9.17) is 0 Å². The first-order valence-corrected chi connectivity index (χ1v) is 8.17. The first-order chi connectivity index (χ1) is 11.9. The molecular weight excluding hydrogens is 353 g/mol. The van der Waals surface area contributed by atoms with Gasteiger partial charge in [-0.15, -0.1) is 11.3 Å². The lowest BCUT2D eigenvalue weighted by Gasteiger charge is -2.17. The number of hydrogen-bond donors (Lipinski definition) is 1. The van der Waals surface area contributed by atoms with E-state index in [2.05, 4.69) is 15.4 Å². The minimum absolute atomic E-state index is 0.0680. The van der Waals surface area contributed by atoms with Gasteiger partial charge in [0.25, 0.3) is 5.91 Å². The summed E-state index contributed by atoms with van der Waals surface area (Å²) in [6, 6.07) is 7.32. The molecule has 1 amide bonds. The van der Waals surface area contributed by atoms with Crippen LogP contribution in [-0.4, -0.2) is 27.2 Å². The molecule has 0 bridgehead atoms. The molecule has 0 saturated carbocycles. The van der Waals surface area contributed by atoms with Gasteiger partial charge < -0.3 is 5.32 Å². The van der Waals surface area contributed by atoms with E-state index in [1.54, 1.807) is 23.1 Å². The molecule has 0 saturated heterocycles. The average molecular weight is 366 g/mol. The molecule has 3 aromatic rings. The molecule has 3 heterocycles. The molecule has 3 rings (SSSR count). The van der Waals surface area contributed by atoms with Gasteiger partial charge in [0, 0.05) is 30.0 Å². The summed E-state index contributed by atoms with van der Waals surface area (Å²) in [6.07, 6.45) is -0.177. The maximum absolute atomic E-state index is 12.5. The Morgan fingerprint density at radius 3 is 2.68 bits per heavy atom. The number of alkyl halides is 3. The van der Waals surface area contributed by atoms with Gasteiger partial charge in [-0.2, -0.15) is 18.3 Å². The van der Waals surface area contributed by atoms with Crippen LogP contribution < -0.4 is 5.32 Å². The third-order valence-electron chi connectivity index (χ3n) is 3.49. The largest absolute Gasteiger partial charge is 0.433 e. The van der Waals surface area contributed by atoms with E-state index in [1.807, 2.05) is 17.5 Å². The number of rotatable bonds is 5. The van der Waals surface area contributed by atoms with Gasteiger partial charge >= 0.3 is 6.18 Å². The summed E-state index contributed by atoms with van der Waals surface area (Å²) in [6.45, 7) is 0.252. The minimum atomic E-state index is -4.53. The number of carbonyl (C=O) groups excluding carboxylic acids is 1. The zero-order valence-corrected chi connectivity index (χ0v) is 13.6. The summed E-state index contributed by atoms with van der Waals surface area (Å²) >= 11 is 1.53. The molecule has 5 nitrogen and oxygen atoms in total. The molecule has 3 aromatic heterocycles. The Balaban J connectivity index is 1.70. The Kier molecular flexibility index (Phi) is 4.84. The van der Waals surface area contributed by atoms with Crippen LogP contribution in [-0.2, 0) is 6.18 Å². The van der Waals surface area contributed by atoms with Crippen LogP contribution in [0.4, 0.5) is 13.2 Å². The van der Waals surface area contributed by atoms with Gasteiger partial charge in [0.2, 0.25) is 0 Å². The minimum Gasteiger partial charge on any atom is -0.349 e. The molecule has 0 radical (unpaired) electrons. The van der Waals surface area contributed by atoms with Crippen LogP contribution in [0, 0.1) is 0 Å². The van der Waals surface area contributed by atoms with Crippen molar-refractivity contribution in [1.82, 2.24) is 20.1 Å². The monoisotopic (exact) mass is 366 g/mol. The number of halogens is 3. The Bertz CT molecular complexity index is 780. The number of aromatic nitrogens is 3. The Hall–Kier alpha value is -2.68. The molecule has 0 unspecified atom stereocenters. The average Bonchev–Trinajstić information content (AvgIpc) is 3.28. The van der Waals surface area contributed by atoms with Gasteiger partial charge in [0.05, 0.1) is 5.56 Å². The lowest BCUT2D eigenvalue weighted by molar-refractivity contribution is -0.141. The summed E-state index contributed by atoms with van der Waals surface area (Å²) in [5.74, 6) is -0.491. The van der Waals surface area contributed by atoms with Crippen LogP contribution in [0.25, 0.3) is 0 Å². The highest BCUT2D eigenvalue weighted by molar-refractivity contribution is 7.10. The summed E-state index contributed by atoms with van der Waals surface area (Å²) in [5.41, 5.74) is -0.963. The second-order valence-electron chi connectivity index (χ2n) is 5.16. The maximum atomic E-state index is 12.5. The van der Waals surface area contributed by atoms with Gasteiger partial charge in [-0.1, -0.05) is 6.07 Å². The standard InChI is InChI=1S/C16H13F3N4OS/c17-16(18,19)14-5-4-11(9-20-14)15(24)21-10-12(13-3-1-8-25-13)23-7-2-6-22-23/h1-9,12H,10H2,(H,21,24)/t12-/m0/s1. The van der Waals surface area contributed by atoms with Crippen molar-refractivity contribution in [3.8, 4) is 0 Å². The Morgan fingerprint density at radius 2 is 2.12 bits per heavy atom. The van der Waals surface area contributed by atoms with E-state index < -0.39 is 17.8 Å². The second-order valence-corrected chi connectivity index (χ2v) is 6.14. The molecule has 130 valence electrons. The van der Waals surface area contributed by atoms with Crippen LogP contribution in [0.1, 0.15) is 27.0 Å². The normalized spacial score (nSPS) is 12.8. The first kappa shape index (κ1) is 17.2. The fourth-order valence-corrected chi connectivity index (χ4v) is 3.08. The van der Waals surface area contributed by atoms with Crippen molar-refractivity contribution in [1.29, 1.82) is 0 Å². The molecule has 0 fully saturated rings. The molecule has 1 atom stereocenters. The summed E-state index contributed by atoms with van der Waals surface area (Å²) in [7, 11) is 0. The van der Waals surface area contributed by atoms with Crippen molar-refractivity contribution in [2.45, 2.75) is 12.2 Å². The maximum Gasteiger partial charge on any atom is 0.433 e. The van der Waals surface area contributed by atoms with Crippen LogP contribution in [0.2, 0.25) is 0 Å². The molecule has 0 aliphatic rings. The third kappa shape index (κ3) is 4.05. The number of pyridine rings is 1. The number of hydrogen-bond acceptors (Lipinski definition) is 4. The summed E-state index contributed by atoms with van der Waals surface area (Å²) in [4.78, 5) is 16.5. The van der Waals surface area contributed by atoms with Gasteiger partial charge in [-0.3, -0.25) is 14.5 Å². The van der Waals surface area contributed by atoms with Crippen molar-refractivity contribution in [3.63, 3.8) is 0 Å². The number of carbonyl (C=O) groups is 1. The van der Waals surface area contributed by atoms with Crippen molar-refractivity contribution < 1.29 is 18.0 Å². The SMILES string of the molecule is O=C(NC[C@@H](c1cccs1)n1cccn1)c1ccc(C(F)(F)F)nc1. The van der Waals surface area contributed by atoms with E-state index >= 15 is 0 Å². The van der Waals surface area contributed by atoms with Crippen LogP contribution >= 0.6 is 11.3 Å². The molecule has 9 heteroatoms. The van der Waals surface area contributed by atoms with Gasteiger partial charge in [0.15, 0.2) is 0 Å². The van der Waals surface area contributed by atoms with Gasteiger partial charge in [0.1, 0.15) is 11.7 Å². The predicted octanol–water partition coefficient (Wildman–Crippen LogP) is 3.38. The van der Waals surface area contributed by atoms with Crippen LogP contribution in [0.3, 0.4) is 0 Å². The van der Waals surface area contributed by atoms with Crippen LogP contribution in [0.5, 0.6) is 0 Å². The highest BCUT2D eigenvalue weighted by Gasteiger charge is 2.32. The number of thiophene rings is 1. The Labute approximate surface area is 145 Å². The van der Waals surface area contributed by atoms with Gasteiger partial charge in [-0.05, 0) is 29.6 Å². The molecule has 0 aliphatic heterocycles. The molecule has 25 heavy (non-hydrogen) atoms. The zero-order valence-electron chi connectivity index (χ0n) is 12.8. The molecular formula is C16H13F3N4OS. The highest BCUT2D eigenvalue weighted by atomic mass is 32.1. The smallest absolute Gasteiger partial charge is 0.349 e. The first-order valence-electron chi connectivity index (χ1n) is 7.29. The van der Waals surface area contributed by atoms with Gasteiger partial charge in [-0.25, -0.2) is 0 Å².